The first kappa shape index (κ1) is 16.7. The maximum absolute atomic E-state index is 13.3. The molecule has 1 fully saturated rings. The van der Waals surface area contributed by atoms with E-state index >= 15 is 0 Å². The quantitative estimate of drug-likeness (QED) is 0.707. The Kier molecular flexibility index (Phi) is 4.42. The van der Waals surface area contributed by atoms with E-state index < -0.39 is 0 Å². The lowest BCUT2D eigenvalue weighted by molar-refractivity contribution is 0.239. The summed E-state index contributed by atoms with van der Waals surface area (Å²) >= 11 is 0. The molecule has 26 heavy (non-hydrogen) atoms. The zero-order chi connectivity index (χ0) is 18.1. The van der Waals surface area contributed by atoms with E-state index in [4.69, 9.17) is 4.42 Å². The van der Waals surface area contributed by atoms with Crippen LogP contribution in [-0.2, 0) is 6.54 Å². The molecule has 1 saturated heterocycles. The number of halogens is 1. The van der Waals surface area contributed by atoms with Crippen molar-refractivity contribution in [3.63, 3.8) is 0 Å². The van der Waals surface area contributed by atoms with E-state index in [2.05, 4.69) is 19.9 Å². The molecule has 0 bridgehead atoms. The highest BCUT2D eigenvalue weighted by molar-refractivity contribution is 5.74. The molecule has 0 radical (unpaired) electrons. The van der Waals surface area contributed by atoms with Gasteiger partial charge in [-0.05, 0) is 25.1 Å². The Hall–Kier alpha value is -2.74. The second-order valence-electron chi connectivity index (χ2n) is 6.47. The van der Waals surface area contributed by atoms with E-state index in [9.17, 15) is 9.18 Å². The minimum absolute atomic E-state index is 0.0760. The zero-order valence-corrected chi connectivity index (χ0v) is 14.6. The maximum Gasteiger partial charge on any atom is 0.298 e. The predicted octanol–water partition coefficient (Wildman–Crippen LogP) is 1.65. The van der Waals surface area contributed by atoms with Crippen LogP contribution in [0, 0.1) is 12.7 Å². The van der Waals surface area contributed by atoms with Crippen molar-refractivity contribution >= 4 is 17.1 Å². The molecule has 3 aromatic rings. The summed E-state index contributed by atoms with van der Waals surface area (Å²) in [6, 6.07) is 8.17. The molecule has 1 aliphatic rings. The van der Waals surface area contributed by atoms with Crippen molar-refractivity contribution < 1.29 is 8.81 Å². The zero-order valence-electron chi connectivity index (χ0n) is 14.6. The number of hydrogen-bond donors (Lipinski definition) is 0. The van der Waals surface area contributed by atoms with Crippen molar-refractivity contribution in [1.82, 2.24) is 19.7 Å². The maximum atomic E-state index is 13.3. The van der Waals surface area contributed by atoms with Crippen LogP contribution >= 0.6 is 0 Å². The molecule has 0 amide bonds. The van der Waals surface area contributed by atoms with Gasteiger partial charge in [0, 0.05) is 44.9 Å². The summed E-state index contributed by atoms with van der Waals surface area (Å²) in [4.78, 5) is 20.6. The molecule has 1 aliphatic heterocycles. The van der Waals surface area contributed by atoms with Crippen LogP contribution in [0.2, 0.25) is 0 Å². The van der Waals surface area contributed by atoms with Gasteiger partial charge in [0.2, 0.25) is 0 Å². The molecule has 136 valence electrons. The topological polar surface area (TPSA) is 67.4 Å². The number of aryl methyl sites for hydroxylation is 1. The number of anilines is 1. The molecule has 0 atom stereocenters. The van der Waals surface area contributed by atoms with Gasteiger partial charge in [-0.1, -0.05) is 0 Å². The van der Waals surface area contributed by atoms with Crippen LogP contribution in [-0.4, -0.2) is 52.4 Å². The number of benzene rings is 1. The van der Waals surface area contributed by atoms with Crippen LogP contribution in [0.5, 0.6) is 0 Å². The largest absolute Gasteiger partial charge is 0.423 e. The van der Waals surface area contributed by atoms with Crippen LogP contribution in [0.4, 0.5) is 10.4 Å². The summed E-state index contributed by atoms with van der Waals surface area (Å²) in [5.41, 5.74) is 1.89. The highest BCUT2D eigenvalue weighted by atomic mass is 19.1. The number of aromatic nitrogens is 3. The lowest BCUT2D eigenvalue weighted by Gasteiger charge is -2.33. The molecular weight excluding hydrogens is 337 g/mol. The summed E-state index contributed by atoms with van der Waals surface area (Å²) in [7, 11) is 0. The number of rotatable bonds is 4. The van der Waals surface area contributed by atoms with Crippen molar-refractivity contribution in [2.45, 2.75) is 13.5 Å². The van der Waals surface area contributed by atoms with E-state index in [0.29, 0.717) is 23.7 Å². The van der Waals surface area contributed by atoms with Gasteiger partial charge in [-0.2, -0.15) is 10.1 Å². The molecule has 8 heteroatoms. The summed E-state index contributed by atoms with van der Waals surface area (Å²) < 4.78 is 20.5. The molecule has 0 saturated carbocycles. The van der Waals surface area contributed by atoms with Gasteiger partial charge in [0.15, 0.2) is 5.58 Å². The second kappa shape index (κ2) is 6.87. The highest BCUT2D eigenvalue weighted by Crippen LogP contribution is 2.23. The van der Waals surface area contributed by atoms with E-state index in [-0.39, 0.29) is 11.4 Å². The highest BCUT2D eigenvalue weighted by Gasteiger charge is 2.21. The fourth-order valence-electron chi connectivity index (χ4n) is 3.13. The van der Waals surface area contributed by atoms with Gasteiger partial charge >= 0.3 is 0 Å². The Morgan fingerprint density at radius 1 is 1.12 bits per heavy atom. The Morgan fingerprint density at radius 3 is 2.73 bits per heavy atom. The number of piperazine rings is 1. The van der Waals surface area contributed by atoms with E-state index in [0.717, 1.165) is 38.4 Å². The van der Waals surface area contributed by atoms with Crippen LogP contribution < -0.4 is 10.5 Å². The number of oxazole rings is 1. The standard InChI is InChI=1S/C18H20FN5O2/c1-13-2-5-17(25)24(21-13)11-8-22-6-9-23(10-7-22)18-20-15-4-3-14(19)12-16(15)26-18/h2-5,12H,6-11H2,1H3. The fraction of sp³-hybridized carbons (Fsp3) is 0.389. The third-order valence-electron chi connectivity index (χ3n) is 4.61. The van der Waals surface area contributed by atoms with Crippen molar-refractivity contribution in [1.29, 1.82) is 0 Å². The van der Waals surface area contributed by atoms with Crippen LogP contribution in [0.3, 0.4) is 0 Å². The van der Waals surface area contributed by atoms with Crippen LogP contribution in [0.1, 0.15) is 5.69 Å². The van der Waals surface area contributed by atoms with Crippen molar-refractivity contribution in [2.24, 2.45) is 0 Å². The van der Waals surface area contributed by atoms with Crippen LogP contribution in [0.25, 0.3) is 11.1 Å². The molecule has 1 aromatic carbocycles. The minimum Gasteiger partial charge on any atom is -0.423 e. The van der Waals surface area contributed by atoms with Gasteiger partial charge in [0.05, 0.1) is 12.2 Å². The van der Waals surface area contributed by atoms with Gasteiger partial charge in [-0.3, -0.25) is 9.69 Å². The summed E-state index contributed by atoms with van der Waals surface area (Å²) in [5.74, 6) is -0.329. The normalized spacial score (nSPS) is 15.7. The minimum atomic E-state index is -0.329. The SMILES string of the molecule is Cc1ccc(=O)n(CCN2CCN(c3nc4ccc(F)cc4o3)CC2)n1. The first-order valence-corrected chi connectivity index (χ1v) is 8.67. The van der Waals surface area contributed by atoms with Gasteiger partial charge in [-0.25, -0.2) is 9.07 Å². The molecule has 0 spiro atoms. The Labute approximate surface area is 149 Å². The van der Waals surface area contributed by atoms with E-state index in [1.165, 1.54) is 16.8 Å². The van der Waals surface area contributed by atoms with Gasteiger partial charge in [0.25, 0.3) is 11.6 Å². The summed E-state index contributed by atoms with van der Waals surface area (Å²) in [5, 5.41) is 4.26. The summed E-state index contributed by atoms with van der Waals surface area (Å²) in [6.07, 6.45) is 0. The predicted molar refractivity (Wildman–Crippen MR) is 95.9 cm³/mol. The van der Waals surface area contributed by atoms with E-state index in [1.807, 2.05) is 6.92 Å². The first-order valence-electron chi connectivity index (χ1n) is 8.67. The third-order valence-corrected chi connectivity index (χ3v) is 4.61. The molecule has 3 heterocycles. The van der Waals surface area contributed by atoms with Gasteiger partial charge < -0.3 is 9.32 Å². The van der Waals surface area contributed by atoms with Crippen LogP contribution in [0.15, 0.2) is 39.5 Å². The number of hydrogen-bond acceptors (Lipinski definition) is 6. The second-order valence-corrected chi connectivity index (χ2v) is 6.47. The Bertz CT molecular complexity index is 975. The van der Waals surface area contributed by atoms with Crippen molar-refractivity contribution in [2.75, 3.05) is 37.6 Å². The van der Waals surface area contributed by atoms with Gasteiger partial charge in [-0.15, -0.1) is 0 Å². The molecule has 7 nitrogen and oxygen atoms in total. The molecule has 2 aromatic heterocycles. The molecule has 0 unspecified atom stereocenters. The van der Waals surface area contributed by atoms with Gasteiger partial charge in [0.1, 0.15) is 11.3 Å². The molecular formula is C18H20FN5O2. The summed E-state index contributed by atoms with van der Waals surface area (Å²) in [6.45, 7) is 6.44. The van der Waals surface area contributed by atoms with Crippen molar-refractivity contribution in [3.05, 3.63) is 52.2 Å². The number of fused-ring (bicyclic) bond motifs is 1. The molecule has 0 aliphatic carbocycles. The first-order chi connectivity index (χ1) is 12.6. The monoisotopic (exact) mass is 357 g/mol. The smallest absolute Gasteiger partial charge is 0.298 e. The molecule has 0 N–H and O–H groups in total. The fourth-order valence-corrected chi connectivity index (χ4v) is 3.13. The lowest BCUT2D eigenvalue weighted by atomic mass is 10.3. The lowest BCUT2D eigenvalue weighted by Crippen LogP contribution is -2.47. The van der Waals surface area contributed by atoms with E-state index in [1.54, 1.807) is 18.2 Å². The number of nitrogens with zero attached hydrogens (tertiary/aromatic N) is 5. The third kappa shape index (κ3) is 3.45. The van der Waals surface area contributed by atoms with Crippen molar-refractivity contribution in [3.8, 4) is 0 Å². The Balaban J connectivity index is 1.36. The average molecular weight is 357 g/mol. The average Bonchev–Trinajstić information content (AvgIpc) is 3.06. The molecule has 4 rings (SSSR count). The Morgan fingerprint density at radius 2 is 1.92 bits per heavy atom.